The molecule has 19 nitrogen and oxygen atoms in total. The Labute approximate surface area is 581 Å². The summed E-state index contributed by atoms with van der Waals surface area (Å²) >= 11 is 0. The third-order valence-corrected chi connectivity index (χ3v) is 19.7. The molecule has 3 saturated heterocycles. The van der Waals surface area contributed by atoms with Gasteiger partial charge in [0.15, 0.2) is 18.9 Å². The van der Waals surface area contributed by atoms with Crippen molar-refractivity contribution in [3.63, 3.8) is 0 Å². The smallest absolute Gasteiger partial charge is 0.220 e. The van der Waals surface area contributed by atoms with Gasteiger partial charge in [-0.05, 0) is 44.9 Å². The molecule has 0 radical (unpaired) electrons. The predicted octanol–water partition coefficient (Wildman–Crippen LogP) is 12.3. The summed E-state index contributed by atoms with van der Waals surface area (Å²) in [7, 11) is 0. The summed E-state index contributed by atoms with van der Waals surface area (Å²) in [5.41, 5.74) is 0. The van der Waals surface area contributed by atoms with Gasteiger partial charge in [-0.3, -0.25) is 4.79 Å². The van der Waals surface area contributed by atoms with Gasteiger partial charge < -0.3 is 89.9 Å². The summed E-state index contributed by atoms with van der Waals surface area (Å²) in [5, 5.41) is 121. The third-order valence-electron chi connectivity index (χ3n) is 19.7. The fourth-order valence-corrected chi connectivity index (χ4v) is 13.3. The van der Waals surface area contributed by atoms with Crippen molar-refractivity contribution in [2.45, 2.75) is 420 Å². The maximum Gasteiger partial charge on any atom is 0.220 e. The number of allylic oxidation sites excluding steroid dienone is 5. The van der Waals surface area contributed by atoms with Crippen molar-refractivity contribution in [3.8, 4) is 0 Å². The van der Waals surface area contributed by atoms with Gasteiger partial charge in [-0.2, -0.15) is 0 Å². The minimum atomic E-state index is -1.98. The first kappa shape index (κ1) is 88.2. The zero-order valence-corrected chi connectivity index (χ0v) is 60.1. The highest BCUT2D eigenvalue weighted by atomic mass is 16.8. The zero-order valence-electron chi connectivity index (χ0n) is 60.1. The molecule has 0 aromatic heterocycles. The second-order valence-electron chi connectivity index (χ2n) is 28.2. The van der Waals surface area contributed by atoms with Crippen molar-refractivity contribution in [3.05, 3.63) is 36.5 Å². The quantitative estimate of drug-likeness (QED) is 0.0199. The van der Waals surface area contributed by atoms with E-state index in [0.29, 0.717) is 12.8 Å². The monoisotopic (exact) mass is 1370 g/mol. The Balaban J connectivity index is 1.41. The number of unbranched alkanes of at least 4 members (excludes halogenated alkanes) is 42. The van der Waals surface area contributed by atoms with Crippen LogP contribution in [0.25, 0.3) is 0 Å². The molecule has 17 atom stereocenters. The number of carbonyl (C=O) groups is 1. The van der Waals surface area contributed by atoms with Crippen LogP contribution in [-0.4, -0.2) is 193 Å². The van der Waals surface area contributed by atoms with Gasteiger partial charge in [0.05, 0.1) is 38.6 Å². The Morgan fingerprint density at radius 3 is 1.04 bits per heavy atom. The van der Waals surface area contributed by atoms with Crippen LogP contribution in [0.5, 0.6) is 0 Å². The molecule has 1 amide bonds. The molecule has 3 aliphatic heterocycles. The van der Waals surface area contributed by atoms with Crippen LogP contribution in [0.4, 0.5) is 0 Å². The van der Waals surface area contributed by atoms with Crippen molar-refractivity contribution < 1.29 is 89.4 Å². The standard InChI is InChI=1S/C77H143NO18/c1-3-5-7-9-11-13-15-17-19-21-23-25-27-28-29-30-31-32-33-34-36-38-40-42-44-46-48-50-52-54-61(82)60(78-65(83)55-53-51-49-47-45-43-41-39-37-35-26-24-22-20-18-16-14-12-10-8-6-4-2)59-91-75-71(89)68(86)73(63(57-80)93-75)96-77-72(90)69(87)74(64(58-81)94-77)95-76-70(88)67(85)66(84)62(56-79)92-76/h36,38,44,46,52,54,60-64,66-77,79-82,84-90H,3-35,37,39-43,45,47-51,53,55-59H2,1-2H3,(H,78,83)/b38-36+,46-44+,54-52+. The van der Waals surface area contributed by atoms with E-state index in [1.165, 1.54) is 238 Å². The second-order valence-corrected chi connectivity index (χ2v) is 28.2. The number of aliphatic hydroxyl groups excluding tert-OH is 11. The lowest BCUT2D eigenvalue weighted by Gasteiger charge is -2.48. The number of hydrogen-bond acceptors (Lipinski definition) is 18. The molecule has 0 saturated carbocycles. The van der Waals surface area contributed by atoms with Crippen molar-refractivity contribution in [1.82, 2.24) is 5.32 Å². The van der Waals surface area contributed by atoms with Crippen molar-refractivity contribution in [1.29, 1.82) is 0 Å². The van der Waals surface area contributed by atoms with Crippen LogP contribution in [0.15, 0.2) is 36.5 Å². The number of carbonyl (C=O) groups excluding carboxylic acids is 1. The molecule has 0 aliphatic carbocycles. The first-order chi connectivity index (χ1) is 46.8. The van der Waals surface area contributed by atoms with E-state index in [9.17, 15) is 61.0 Å². The van der Waals surface area contributed by atoms with Crippen LogP contribution in [0.3, 0.4) is 0 Å². The highest BCUT2D eigenvalue weighted by Crippen LogP contribution is 2.33. The summed E-state index contributed by atoms with van der Waals surface area (Å²) < 4.78 is 34.4. The maximum absolute atomic E-state index is 13.4. The second kappa shape index (κ2) is 58.5. The Morgan fingerprint density at radius 1 is 0.365 bits per heavy atom. The highest BCUT2D eigenvalue weighted by molar-refractivity contribution is 5.76. The number of rotatable bonds is 62. The van der Waals surface area contributed by atoms with Gasteiger partial charge in [-0.1, -0.05) is 301 Å². The van der Waals surface area contributed by atoms with Crippen LogP contribution in [0.1, 0.15) is 316 Å². The van der Waals surface area contributed by atoms with Crippen LogP contribution < -0.4 is 5.32 Å². The molecule has 96 heavy (non-hydrogen) atoms. The van der Waals surface area contributed by atoms with Gasteiger partial charge in [-0.25, -0.2) is 0 Å². The third kappa shape index (κ3) is 38.9. The van der Waals surface area contributed by atoms with E-state index < -0.39 is 124 Å². The van der Waals surface area contributed by atoms with Gasteiger partial charge in [-0.15, -0.1) is 0 Å². The Hall–Kier alpha value is -1.99. The largest absolute Gasteiger partial charge is 0.394 e. The van der Waals surface area contributed by atoms with Gasteiger partial charge >= 0.3 is 0 Å². The lowest BCUT2D eigenvalue weighted by atomic mass is 9.96. The van der Waals surface area contributed by atoms with E-state index in [1.807, 2.05) is 6.08 Å². The molecule has 12 N–H and O–H groups in total. The molecule has 3 aliphatic rings. The van der Waals surface area contributed by atoms with Crippen LogP contribution in [-0.2, 0) is 33.2 Å². The fraction of sp³-hybridized carbons (Fsp3) is 0.909. The normalized spacial score (nSPS) is 27.2. The molecule has 564 valence electrons. The highest BCUT2D eigenvalue weighted by Gasteiger charge is 2.53. The van der Waals surface area contributed by atoms with Crippen LogP contribution in [0.2, 0.25) is 0 Å². The van der Waals surface area contributed by atoms with Gasteiger partial charge in [0.25, 0.3) is 0 Å². The zero-order chi connectivity index (χ0) is 69.6. The number of hydrogen-bond donors (Lipinski definition) is 12. The Kier molecular flexibility index (Phi) is 53.8. The predicted molar refractivity (Wildman–Crippen MR) is 379 cm³/mol. The molecule has 0 aromatic rings. The van der Waals surface area contributed by atoms with Crippen molar-refractivity contribution in [2.75, 3.05) is 26.4 Å². The summed E-state index contributed by atoms with van der Waals surface area (Å²) in [6.45, 7) is 1.76. The Morgan fingerprint density at radius 2 is 0.667 bits per heavy atom. The first-order valence-electron chi connectivity index (χ1n) is 39.2. The number of nitrogens with one attached hydrogen (secondary N) is 1. The summed E-state index contributed by atoms with van der Waals surface area (Å²) in [6.07, 6.45) is 44.2. The van der Waals surface area contributed by atoms with E-state index in [4.69, 9.17) is 28.4 Å². The molecule has 3 fully saturated rings. The topological polar surface area (TPSA) is 307 Å². The average Bonchev–Trinajstić information content (AvgIpc) is 0.795. The van der Waals surface area contributed by atoms with Gasteiger partial charge in [0.1, 0.15) is 73.2 Å². The lowest BCUT2D eigenvalue weighted by Crippen LogP contribution is -2.66. The number of aliphatic hydroxyl groups is 11. The fourth-order valence-electron chi connectivity index (χ4n) is 13.3. The summed E-state index contributed by atoms with van der Waals surface area (Å²) in [6, 6.07) is -0.995. The van der Waals surface area contributed by atoms with E-state index in [0.717, 1.165) is 44.9 Å². The lowest BCUT2D eigenvalue weighted by molar-refractivity contribution is -0.379. The minimum absolute atomic E-state index is 0.236. The van der Waals surface area contributed by atoms with Crippen LogP contribution in [0, 0.1) is 0 Å². The molecule has 3 rings (SSSR count). The SMILES string of the molecule is CCCCCCCCCCCCCCCCCCCCC/C=C/CC/C=C/CC/C=C/C(O)C(COC1OC(CO)C(OC2OC(CO)C(OC3OC(CO)C(O)C(O)C3O)C(O)C2O)C(O)C1O)NC(=O)CCCCCCCCCCCCCCCCCCCCCCCC. The van der Waals surface area contributed by atoms with Crippen LogP contribution >= 0.6 is 0 Å². The van der Waals surface area contributed by atoms with E-state index in [1.54, 1.807) is 6.08 Å². The van der Waals surface area contributed by atoms with Gasteiger partial charge in [0, 0.05) is 6.42 Å². The average molecular weight is 1370 g/mol. The summed E-state index contributed by atoms with van der Waals surface area (Å²) in [5.74, 6) is -0.283. The molecular formula is C77H143NO18. The molecule has 0 bridgehead atoms. The van der Waals surface area contributed by atoms with E-state index in [2.05, 4.69) is 43.5 Å². The Bertz CT molecular complexity index is 1880. The van der Waals surface area contributed by atoms with Gasteiger partial charge in [0.2, 0.25) is 5.91 Å². The number of amides is 1. The van der Waals surface area contributed by atoms with Crippen molar-refractivity contribution >= 4 is 5.91 Å². The first-order valence-corrected chi connectivity index (χ1v) is 39.2. The molecule has 3 heterocycles. The van der Waals surface area contributed by atoms with E-state index in [-0.39, 0.29) is 18.9 Å². The summed E-state index contributed by atoms with van der Waals surface area (Å²) in [4.78, 5) is 13.4. The molecule has 0 spiro atoms. The number of ether oxygens (including phenoxy) is 6. The maximum atomic E-state index is 13.4. The van der Waals surface area contributed by atoms with Crippen molar-refractivity contribution in [2.24, 2.45) is 0 Å². The minimum Gasteiger partial charge on any atom is -0.394 e. The molecule has 0 aromatic carbocycles. The van der Waals surface area contributed by atoms with E-state index >= 15 is 0 Å². The molecule has 19 heteroatoms. The molecule has 17 unspecified atom stereocenters. The molecular weight excluding hydrogens is 1230 g/mol.